The maximum Gasteiger partial charge on any atom is 0.228 e. The summed E-state index contributed by atoms with van der Waals surface area (Å²) in [5.74, 6) is 0.0253. The molecule has 25 heavy (non-hydrogen) atoms. The number of carbonyl (C=O) groups is 1. The number of nitrogens with one attached hydrogen (secondary N) is 1. The van der Waals surface area contributed by atoms with Gasteiger partial charge in [-0.2, -0.15) is 0 Å². The van der Waals surface area contributed by atoms with E-state index >= 15 is 0 Å². The minimum absolute atomic E-state index is 0.0253. The van der Waals surface area contributed by atoms with Crippen molar-refractivity contribution < 1.29 is 4.79 Å². The number of para-hydroxylation sites is 1. The third-order valence-electron chi connectivity index (χ3n) is 5.07. The lowest BCUT2D eigenvalue weighted by Crippen LogP contribution is -2.19. The van der Waals surface area contributed by atoms with Crippen LogP contribution in [0.5, 0.6) is 0 Å². The summed E-state index contributed by atoms with van der Waals surface area (Å²) in [5.41, 5.74) is 5.72. The molecule has 3 aromatic rings. The van der Waals surface area contributed by atoms with Crippen LogP contribution in [0.3, 0.4) is 0 Å². The molecule has 4 heteroatoms. The van der Waals surface area contributed by atoms with Crippen LogP contribution < -0.4 is 10.2 Å². The van der Waals surface area contributed by atoms with Crippen LogP contribution in [0.1, 0.15) is 18.1 Å². The average molecular weight is 333 g/mol. The molecule has 1 aliphatic heterocycles. The molecule has 0 atom stereocenters. The van der Waals surface area contributed by atoms with Gasteiger partial charge in [0.25, 0.3) is 0 Å². The Morgan fingerprint density at radius 1 is 1.20 bits per heavy atom. The molecule has 2 aromatic carbocycles. The highest BCUT2D eigenvalue weighted by atomic mass is 16.1. The largest absolute Gasteiger partial charge is 0.371 e. The van der Waals surface area contributed by atoms with Crippen molar-refractivity contribution >= 4 is 28.2 Å². The lowest BCUT2D eigenvalue weighted by atomic mass is 10.1. The number of nitrogens with zero attached hydrogens (tertiary/aromatic N) is 2. The number of aryl methyl sites for hydroxylation is 1. The number of fused-ring (bicyclic) bond motifs is 2. The molecule has 0 aliphatic carbocycles. The second-order valence-electron chi connectivity index (χ2n) is 6.68. The SMILES string of the molecule is CCN1CCc2ccc(NC(=O)Cc3cn(C)c4ccccc34)cc21. The zero-order valence-corrected chi connectivity index (χ0v) is 14.7. The van der Waals surface area contributed by atoms with Crippen LogP contribution in [0.4, 0.5) is 11.4 Å². The molecule has 0 bridgehead atoms. The minimum Gasteiger partial charge on any atom is -0.371 e. The van der Waals surface area contributed by atoms with Crippen LogP contribution in [0.25, 0.3) is 10.9 Å². The van der Waals surface area contributed by atoms with Gasteiger partial charge < -0.3 is 14.8 Å². The van der Waals surface area contributed by atoms with E-state index in [0.29, 0.717) is 6.42 Å². The summed E-state index contributed by atoms with van der Waals surface area (Å²) in [6.07, 6.45) is 3.52. The van der Waals surface area contributed by atoms with Crippen LogP contribution in [-0.2, 0) is 24.7 Å². The Morgan fingerprint density at radius 3 is 2.88 bits per heavy atom. The summed E-state index contributed by atoms with van der Waals surface area (Å²) in [5, 5.41) is 4.21. The highest BCUT2D eigenvalue weighted by Gasteiger charge is 2.18. The third kappa shape index (κ3) is 2.88. The fourth-order valence-corrected chi connectivity index (χ4v) is 3.80. The first-order valence-electron chi connectivity index (χ1n) is 8.86. The number of likely N-dealkylation sites (N-methyl/N-ethyl adjacent to an activating group) is 1. The summed E-state index contributed by atoms with van der Waals surface area (Å²) >= 11 is 0. The van der Waals surface area contributed by atoms with Crippen molar-refractivity contribution in [2.75, 3.05) is 23.3 Å². The highest BCUT2D eigenvalue weighted by Crippen LogP contribution is 2.30. The summed E-state index contributed by atoms with van der Waals surface area (Å²) in [4.78, 5) is 14.9. The Bertz CT molecular complexity index is 941. The normalized spacial score (nSPS) is 13.3. The molecule has 0 saturated heterocycles. The number of amides is 1. The minimum atomic E-state index is 0.0253. The maximum atomic E-state index is 12.6. The molecule has 1 N–H and O–H groups in total. The summed E-state index contributed by atoms with van der Waals surface area (Å²) in [6.45, 7) is 4.24. The van der Waals surface area contributed by atoms with E-state index in [9.17, 15) is 4.79 Å². The lowest BCUT2D eigenvalue weighted by molar-refractivity contribution is -0.115. The first kappa shape index (κ1) is 15.8. The molecule has 0 unspecified atom stereocenters. The van der Waals surface area contributed by atoms with E-state index in [1.165, 1.54) is 11.3 Å². The molecule has 4 nitrogen and oxygen atoms in total. The molecular formula is C21H23N3O. The zero-order valence-electron chi connectivity index (χ0n) is 14.7. The smallest absolute Gasteiger partial charge is 0.228 e. The van der Waals surface area contributed by atoms with Crippen molar-refractivity contribution in [2.45, 2.75) is 19.8 Å². The number of aromatic nitrogens is 1. The van der Waals surface area contributed by atoms with Crippen molar-refractivity contribution in [2.24, 2.45) is 7.05 Å². The summed E-state index contributed by atoms with van der Waals surface area (Å²) in [7, 11) is 2.02. The molecule has 0 saturated carbocycles. The van der Waals surface area contributed by atoms with Gasteiger partial charge in [0.1, 0.15) is 0 Å². The van der Waals surface area contributed by atoms with Crippen LogP contribution in [0.15, 0.2) is 48.7 Å². The number of anilines is 2. The van der Waals surface area contributed by atoms with Gasteiger partial charge in [0.15, 0.2) is 0 Å². The number of hydrogen-bond acceptors (Lipinski definition) is 2. The van der Waals surface area contributed by atoms with Crippen LogP contribution in [0.2, 0.25) is 0 Å². The molecule has 0 fully saturated rings. The topological polar surface area (TPSA) is 37.3 Å². The first-order valence-corrected chi connectivity index (χ1v) is 8.86. The van der Waals surface area contributed by atoms with E-state index in [1.807, 2.05) is 31.4 Å². The second kappa shape index (κ2) is 6.28. The van der Waals surface area contributed by atoms with Crippen LogP contribution in [0, 0.1) is 0 Å². The standard InChI is InChI=1S/C21H23N3O/c1-3-24-11-10-15-8-9-17(13-20(15)24)22-21(25)12-16-14-23(2)19-7-5-4-6-18(16)19/h4-9,13-14H,3,10-12H2,1-2H3,(H,22,25). The number of hydrogen-bond donors (Lipinski definition) is 1. The molecule has 2 heterocycles. The Balaban J connectivity index is 1.53. The Labute approximate surface area is 148 Å². The van der Waals surface area contributed by atoms with Gasteiger partial charge in [-0.25, -0.2) is 0 Å². The van der Waals surface area contributed by atoms with Crippen LogP contribution >= 0.6 is 0 Å². The van der Waals surface area contributed by atoms with Crippen molar-refractivity contribution in [1.82, 2.24) is 4.57 Å². The maximum absolute atomic E-state index is 12.6. The summed E-state index contributed by atoms with van der Waals surface area (Å²) in [6, 6.07) is 14.5. The average Bonchev–Trinajstić information content (AvgIpc) is 3.16. The van der Waals surface area contributed by atoms with E-state index in [2.05, 4.69) is 46.0 Å². The van der Waals surface area contributed by atoms with Gasteiger partial charge in [0, 0.05) is 48.6 Å². The molecule has 0 radical (unpaired) electrons. The van der Waals surface area contributed by atoms with E-state index in [4.69, 9.17) is 0 Å². The predicted molar refractivity (Wildman–Crippen MR) is 103 cm³/mol. The Morgan fingerprint density at radius 2 is 2.04 bits per heavy atom. The predicted octanol–water partition coefficient (Wildman–Crippen LogP) is 3.74. The van der Waals surface area contributed by atoms with Crippen molar-refractivity contribution in [3.63, 3.8) is 0 Å². The monoisotopic (exact) mass is 333 g/mol. The van der Waals surface area contributed by atoms with Gasteiger partial charge in [-0.3, -0.25) is 4.79 Å². The number of rotatable bonds is 4. The fourth-order valence-electron chi connectivity index (χ4n) is 3.80. The van der Waals surface area contributed by atoms with Crippen molar-refractivity contribution in [3.05, 3.63) is 59.8 Å². The number of benzene rings is 2. The summed E-state index contributed by atoms with van der Waals surface area (Å²) < 4.78 is 2.08. The Kier molecular flexibility index (Phi) is 3.96. The number of carbonyl (C=O) groups excluding carboxylic acids is 1. The van der Waals surface area contributed by atoms with Gasteiger partial charge >= 0.3 is 0 Å². The molecule has 128 valence electrons. The molecule has 1 amide bonds. The Hall–Kier alpha value is -2.75. The highest BCUT2D eigenvalue weighted by molar-refractivity contribution is 5.96. The third-order valence-corrected chi connectivity index (χ3v) is 5.07. The molecule has 1 aliphatic rings. The van der Waals surface area contributed by atoms with E-state index in [0.717, 1.165) is 41.7 Å². The quantitative estimate of drug-likeness (QED) is 0.790. The van der Waals surface area contributed by atoms with Gasteiger partial charge in [-0.15, -0.1) is 0 Å². The molecule has 0 spiro atoms. The molecular weight excluding hydrogens is 310 g/mol. The fraction of sp³-hybridized carbons (Fsp3) is 0.286. The second-order valence-corrected chi connectivity index (χ2v) is 6.68. The van der Waals surface area contributed by atoms with Crippen molar-refractivity contribution in [1.29, 1.82) is 0 Å². The van der Waals surface area contributed by atoms with Gasteiger partial charge in [-0.1, -0.05) is 24.3 Å². The van der Waals surface area contributed by atoms with E-state index < -0.39 is 0 Å². The molecule has 1 aromatic heterocycles. The first-order chi connectivity index (χ1) is 12.2. The van der Waals surface area contributed by atoms with Gasteiger partial charge in [0.05, 0.1) is 6.42 Å². The zero-order chi connectivity index (χ0) is 17.4. The lowest BCUT2D eigenvalue weighted by Gasteiger charge is -2.17. The van der Waals surface area contributed by atoms with Crippen molar-refractivity contribution in [3.8, 4) is 0 Å². The van der Waals surface area contributed by atoms with Gasteiger partial charge in [-0.05, 0) is 42.7 Å². The van der Waals surface area contributed by atoms with Gasteiger partial charge in [0.2, 0.25) is 5.91 Å². The van der Waals surface area contributed by atoms with E-state index in [1.54, 1.807) is 0 Å². The van der Waals surface area contributed by atoms with Crippen LogP contribution in [-0.4, -0.2) is 23.6 Å². The van der Waals surface area contributed by atoms with E-state index in [-0.39, 0.29) is 5.91 Å². The molecule has 4 rings (SSSR count).